The maximum Gasteiger partial charge on any atom is 0.237 e. The molecule has 0 spiro atoms. The van der Waals surface area contributed by atoms with Crippen LogP contribution in [0.4, 0.5) is 0 Å². The molecule has 1 atom stereocenters. The molecule has 0 radical (unpaired) electrons. The molecule has 1 saturated heterocycles. The lowest BCUT2D eigenvalue weighted by atomic mass is 10.0. The molecule has 1 aromatic rings. The maximum absolute atomic E-state index is 11.9. The number of aryl methyl sites for hydroxylation is 2. The molecule has 4 nitrogen and oxygen atoms in total. The lowest BCUT2D eigenvalue weighted by Gasteiger charge is -2.14. The average molecular weight is 262 g/mol. The summed E-state index contributed by atoms with van der Waals surface area (Å²) in [6.07, 6.45) is 2.02. The highest BCUT2D eigenvalue weighted by atomic mass is 16.5. The smallest absolute Gasteiger partial charge is 0.237 e. The van der Waals surface area contributed by atoms with Crippen molar-refractivity contribution in [2.24, 2.45) is 0 Å². The van der Waals surface area contributed by atoms with E-state index in [1.807, 2.05) is 19.9 Å². The number of carbonyl (C=O) groups excluding carboxylic acids is 1. The first-order chi connectivity index (χ1) is 9.11. The van der Waals surface area contributed by atoms with Gasteiger partial charge in [-0.1, -0.05) is 6.07 Å². The number of hydrogen-bond donors (Lipinski definition) is 2. The summed E-state index contributed by atoms with van der Waals surface area (Å²) in [6, 6.07) is 4.08. The molecule has 0 aliphatic carbocycles. The van der Waals surface area contributed by atoms with Gasteiger partial charge in [0.2, 0.25) is 5.91 Å². The Kier molecular flexibility index (Phi) is 4.43. The first-order valence-electron chi connectivity index (χ1n) is 6.77. The molecule has 1 aliphatic rings. The molecule has 0 saturated carbocycles. The SMILES string of the molecule is COc1cc(C)c(CNC(=O)C2CCCN2)cc1C. The molecule has 0 bridgehead atoms. The van der Waals surface area contributed by atoms with E-state index in [9.17, 15) is 4.79 Å². The lowest BCUT2D eigenvalue weighted by Crippen LogP contribution is -2.40. The number of carbonyl (C=O) groups is 1. The molecular weight excluding hydrogens is 240 g/mol. The molecule has 0 aromatic heterocycles. The number of ether oxygens (including phenoxy) is 1. The summed E-state index contributed by atoms with van der Waals surface area (Å²) in [5, 5.41) is 6.21. The van der Waals surface area contributed by atoms with Crippen LogP contribution in [0.15, 0.2) is 12.1 Å². The Morgan fingerprint density at radius 1 is 1.42 bits per heavy atom. The molecule has 104 valence electrons. The monoisotopic (exact) mass is 262 g/mol. The topological polar surface area (TPSA) is 50.4 Å². The van der Waals surface area contributed by atoms with Gasteiger partial charge in [-0.2, -0.15) is 0 Å². The van der Waals surface area contributed by atoms with Gasteiger partial charge in [0, 0.05) is 6.54 Å². The molecule has 1 heterocycles. The Balaban J connectivity index is 1.99. The van der Waals surface area contributed by atoms with Crippen LogP contribution < -0.4 is 15.4 Å². The molecule has 1 unspecified atom stereocenters. The Labute approximate surface area is 114 Å². The van der Waals surface area contributed by atoms with E-state index in [0.29, 0.717) is 6.54 Å². The van der Waals surface area contributed by atoms with Gasteiger partial charge in [0.25, 0.3) is 0 Å². The van der Waals surface area contributed by atoms with Crippen LogP contribution in [0.3, 0.4) is 0 Å². The van der Waals surface area contributed by atoms with Gasteiger partial charge in [-0.15, -0.1) is 0 Å². The van der Waals surface area contributed by atoms with Crippen molar-refractivity contribution in [3.63, 3.8) is 0 Å². The van der Waals surface area contributed by atoms with Crippen LogP contribution in [0.25, 0.3) is 0 Å². The van der Waals surface area contributed by atoms with Gasteiger partial charge < -0.3 is 15.4 Å². The van der Waals surface area contributed by atoms with Crippen LogP contribution in [0.1, 0.15) is 29.5 Å². The zero-order valence-electron chi connectivity index (χ0n) is 11.9. The van der Waals surface area contributed by atoms with Crippen molar-refractivity contribution >= 4 is 5.91 Å². The van der Waals surface area contributed by atoms with Gasteiger partial charge in [0.05, 0.1) is 13.2 Å². The highest BCUT2D eigenvalue weighted by Gasteiger charge is 2.21. The number of benzene rings is 1. The van der Waals surface area contributed by atoms with E-state index in [1.54, 1.807) is 7.11 Å². The second-order valence-electron chi connectivity index (χ2n) is 5.12. The zero-order chi connectivity index (χ0) is 13.8. The van der Waals surface area contributed by atoms with E-state index in [-0.39, 0.29) is 11.9 Å². The van der Waals surface area contributed by atoms with E-state index in [2.05, 4.69) is 16.7 Å². The minimum Gasteiger partial charge on any atom is -0.496 e. The van der Waals surface area contributed by atoms with Gasteiger partial charge in [-0.05, 0) is 56.0 Å². The van der Waals surface area contributed by atoms with Crippen LogP contribution in [-0.2, 0) is 11.3 Å². The fourth-order valence-electron chi connectivity index (χ4n) is 2.47. The van der Waals surface area contributed by atoms with Gasteiger partial charge in [0.1, 0.15) is 5.75 Å². The summed E-state index contributed by atoms with van der Waals surface area (Å²) in [7, 11) is 1.68. The van der Waals surface area contributed by atoms with Crippen molar-refractivity contribution in [3.8, 4) is 5.75 Å². The molecular formula is C15H22N2O2. The van der Waals surface area contributed by atoms with Crippen molar-refractivity contribution in [3.05, 3.63) is 28.8 Å². The predicted octanol–water partition coefficient (Wildman–Crippen LogP) is 1.68. The minimum absolute atomic E-state index is 0.0142. The molecule has 1 amide bonds. The Morgan fingerprint density at radius 3 is 2.84 bits per heavy atom. The second kappa shape index (κ2) is 6.06. The van der Waals surface area contributed by atoms with Crippen molar-refractivity contribution in [1.82, 2.24) is 10.6 Å². The molecule has 1 aromatic carbocycles. The third kappa shape index (κ3) is 3.26. The summed E-state index contributed by atoms with van der Waals surface area (Å²) < 4.78 is 5.29. The van der Waals surface area contributed by atoms with Crippen LogP contribution in [-0.4, -0.2) is 25.6 Å². The van der Waals surface area contributed by atoms with Gasteiger partial charge >= 0.3 is 0 Å². The standard InChI is InChI=1S/C15H22N2O2/c1-10-8-14(19-3)11(2)7-12(10)9-17-15(18)13-5-4-6-16-13/h7-8,13,16H,4-6,9H2,1-3H3,(H,17,18). The highest BCUT2D eigenvalue weighted by molar-refractivity contribution is 5.82. The first-order valence-corrected chi connectivity index (χ1v) is 6.77. The van der Waals surface area contributed by atoms with Gasteiger partial charge in [-0.3, -0.25) is 4.79 Å². The first kappa shape index (κ1) is 13.9. The summed E-state index contributed by atoms with van der Waals surface area (Å²) in [6.45, 7) is 5.58. The van der Waals surface area contributed by atoms with Crippen molar-refractivity contribution in [1.29, 1.82) is 0 Å². The maximum atomic E-state index is 11.9. The highest BCUT2D eigenvalue weighted by Crippen LogP contribution is 2.22. The van der Waals surface area contributed by atoms with Crippen molar-refractivity contribution in [2.75, 3.05) is 13.7 Å². The van der Waals surface area contributed by atoms with Gasteiger partial charge in [-0.25, -0.2) is 0 Å². The Bertz CT molecular complexity index is 465. The van der Waals surface area contributed by atoms with E-state index in [4.69, 9.17) is 4.74 Å². The number of methoxy groups -OCH3 is 1. The Hall–Kier alpha value is -1.55. The van der Waals surface area contributed by atoms with E-state index >= 15 is 0 Å². The van der Waals surface area contributed by atoms with Crippen LogP contribution in [0.2, 0.25) is 0 Å². The third-order valence-electron chi connectivity index (χ3n) is 3.68. The van der Waals surface area contributed by atoms with Crippen LogP contribution in [0, 0.1) is 13.8 Å². The largest absolute Gasteiger partial charge is 0.496 e. The van der Waals surface area contributed by atoms with E-state index in [1.165, 1.54) is 0 Å². The number of amides is 1. The molecule has 19 heavy (non-hydrogen) atoms. The fourth-order valence-corrected chi connectivity index (χ4v) is 2.47. The van der Waals surface area contributed by atoms with Crippen LogP contribution >= 0.6 is 0 Å². The average Bonchev–Trinajstić information content (AvgIpc) is 2.93. The van der Waals surface area contributed by atoms with Crippen molar-refractivity contribution < 1.29 is 9.53 Å². The summed E-state index contributed by atoms with van der Waals surface area (Å²) in [5.74, 6) is 0.996. The number of rotatable bonds is 4. The Morgan fingerprint density at radius 2 is 2.21 bits per heavy atom. The predicted molar refractivity (Wildman–Crippen MR) is 75.3 cm³/mol. The number of hydrogen-bond acceptors (Lipinski definition) is 3. The van der Waals surface area contributed by atoms with E-state index in [0.717, 1.165) is 41.8 Å². The minimum atomic E-state index is -0.0142. The molecule has 1 aliphatic heterocycles. The second-order valence-corrected chi connectivity index (χ2v) is 5.12. The summed E-state index contributed by atoms with van der Waals surface area (Å²) in [5.41, 5.74) is 3.38. The zero-order valence-corrected chi connectivity index (χ0v) is 11.9. The van der Waals surface area contributed by atoms with Gasteiger partial charge in [0.15, 0.2) is 0 Å². The molecule has 2 N–H and O–H groups in total. The van der Waals surface area contributed by atoms with Crippen LogP contribution in [0.5, 0.6) is 5.75 Å². The summed E-state index contributed by atoms with van der Waals surface area (Å²) in [4.78, 5) is 11.9. The normalized spacial score (nSPS) is 18.4. The van der Waals surface area contributed by atoms with Crippen molar-refractivity contribution in [2.45, 2.75) is 39.3 Å². The molecule has 1 fully saturated rings. The fraction of sp³-hybridized carbons (Fsp3) is 0.533. The lowest BCUT2D eigenvalue weighted by molar-refractivity contribution is -0.122. The summed E-state index contributed by atoms with van der Waals surface area (Å²) >= 11 is 0. The number of nitrogens with one attached hydrogen (secondary N) is 2. The quantitative estimate of drug-likeness (QED) is 0.868. The van der Waals surface area contributed by atoms with E-state index < -0.39 is 0 Å². The molecule has 2 rings (SSSR count). The third-order valence-corrected chi connectivity index (χ3v) is 3.68. The molecule has 4 heteroatoms.